The summed E-state index contributed by atoms with van der Waals surface area (Å²) in [6, 6.07) is 0. The summed E-state index contributed by atoms with van der Waals surface area (Å²) in [6.07, 6.45) is 20.2. The van der Waals surface area contributed by atoms with Crippen LogP contribution in [0.15, 0.2) is 12.4 Å². The maximum Gasteiger partial charge on any atom is 0.109 e. The van der Waals surface area contributed by atoms with Crippen molar-refractivity contribution in [1.29, 1.82) is 0 Å². The lowest BCUT2D eigenvalue weighted by atomic mass is 9.93. The highest BCUT2D eigenvalue weighted by atomic mass is 14.9. The van der Waals surface area contributed by atoms with Gasteiger partial charge in [-0.05, 0) is 12.8 Å². The summed E-state index contributed by atoms with van der Waals surface area (Å²) in [6.45, 7) is 4.56. The lowest BCUT2D eigenvalue weighted by Crippen LogP contribution is -2.02. The second-order valence-electron chi connectivity index (χ2n) is 6.08. The van der Waals surface area contributed by atoms with Crippen molar-refractivity contribution in [3.63, 3.8) is 0 Å². The zero-order valence-electron chi connectivity index (χ0n) is 13.7. The molecule has 0 saturated carbocycles. The van der Waals surface area contributed by atoms with Crippen LogP contribution in [0.25, 0.3) is 0 Å². The Bertz CT molecular complexity index is 278. The highest BCUT2D eigenvalue weighted by Gasteiger charge is 2.13. The van der Waals surface area contributed by atoms with E-state index in [1.54, 1.807) is 0 Å². The number of nitrogens with zero attached hydrogens (tertiary/aromatic N) is 1. The van der Waals surface area contributed by atoms with Crippen molar-refractivity contribution in [2.24, 2.45) is 0 Å². The van der Waals surface area contributed by atoms with E-state index in [2.05, 4.69) is 23.8 Å². The first-order valence-corrected chi connectivity index (χ1v) is 8.87. The Labute approximate surface area is 125 Å². The zero-order chi connectivity index (χ0) is 14.5. The largest absolute Gasteiger partial charge is 0.348 e. The van der Waals surface area contributed by atoms with Crippen LogP contribution in [-0.2, 0) is 0 Å². The van der Waals surface area contributed by atoms with Gasteiger partial charge in [-0.15, -0.1) is 0 Å². The van der Waals surface area contributed by atoms with E-state index < -0.39 is 0 Å². The number of hydrogen-bond donors (Lipinski definition) is 1. The van der Waals surface area contributed by atoms with Crippen LogP contribution in [0.1, 0.15) is 103 Å². The SMILES string of the molecule is CCCCCCCC(CCCCCCC)c1ncc[nH]1. The lowest BCUT2D eigenvalue weighted by Gasteiger charge is -2.14. The van der Waals surface area contributed by atoms with Crippen LogP contribution in [-0.4, -0.2) is 9.97 Å². The van der Waals surface area contributed by atoms with Gasteiger partial charge in [0, 0.05) is 18.3 Å². The first-order chi connectivity index (χ1) is 9.88. The van der Waals surface area contributed by atoms with Gasteiger partial charge in [0.15, 0.2) is 0 Å². The third-order valence-corrected chi connectivity index (χ3v) is 4.22. The number of nitrogens with one attached hydrogen (secondary N) is 1. The van der Waals surface area contributed by atoms with E-state index >= 15 is 0 Å². The molecule has 1 aromatic heterocycles. The highest BCUT2D eigenvalue weighted by Crippen LogP contribution is 2.26. The van der Waals surface area contributed by atoms with Gasteiger partial charge in [0.25, 0.3) is 0 Å². The second-order valence-corrected chi connectivity index (χ2v) is 6.08. The summed E-state index contributed by atoms with van der Waals surface area (Å²) in [7, 11) is 0. The van der Waals surface area contributed by atoms with E-state index in [1.165, 1.54) is 82.9 Å². The van der Waals surface area contributed by atoms with Crippen LogP contribution in [0, 0.1) is 0 Å². The average molecular weight is 278 g/mol. The predicted molar refractivity (Wildman–Crippen MR) is 88.1 cm³/mol. The molecule has 0 fully saturated rings. The van der Waals surface area contributed by atoms with Gasteiger partial charge in [0.1, 0.15) is 5.82 Å². The summed E-state index contributed by atoms with van der Waals surface area (Å²) in [5.41, 5.74) is 0. The molecule has 0 spiro atoms. The van der Waals surface area contributed by atoms with E-state index in [0.29, 0.717) is 5.92 Å². The third kappa shape index (κ3) is 7.72. The molecule has 2 nitrogen and oxygen atoms in total. The lowest BCUT2D eigenvalue weighted by molar-refractivity contribution is 0.477. The molecule has 0 aliphatic heterocycles. The molecule has 0 bridgehead atoms. The Morgan fingerprint density at radius 2 is 1.40 bits per heavy atom. The Hall–Kier alpha value is -0.790. The Morgan fingerprint density at radius 1 is 0.850 bits per heavy atom. The molecule has 116 valence electrons. The van der Waals surface area contributed by atoms with E-state index in [4.69, 9.17) is 0 Å². The maximum atomic E-state index is 4.49. The third-order valence-electron chi connectivity index (χ3n) is 4.22. The molecule has 1 heterocycles. The minimum absolute atomic E-state index is 0.660. The van der Waals surface area contributed by atoms with Crippen molar-refractivity contribution in [2.45, 2.75) is 96.8 Å². The summed E-state index contributed by atoms with van der Waals surface area (Å²) in [5, 5.41) is 0. The molecule has 0 aromatic carbocycles. The van der Waals surface area contributed by atoms with Crippen LogP contribution in [0.3, 0.4) is 0 Å². The van der Waals surface area contributed by atoms with Gasteiger partial charge in [-0.25, -0.2) is 4.98 Å². The number of imidazole rings is 1. The molecular formula is C18H34N2. The normalized spacial score (nSPS) is 11.3. The average Bonchev–Trinajstić information content (AvgIpc) is 2.98. The molecule has 20 heavy (non-hydrogen) atoms. The van der Waals surface area contributed by atoms with Crippen LogP contribution in [0.2, 0.25) is 0 Å². The van der Waals surface area contributed by atoms with Crippen molar-refractivity contribution in [3.8, 4) is 0 Å². The topological polar surface area (TPSA) is 28.7 Å². The van der Waals surface area contributed by atoms with Gasteiger partial charge in [-0.3, -0.25) is 0 Å². The zero-order valence-corrected chi connectivity index (χ0v) is 13.7. The quantitative estimate of drug-likeness (QED) is 0.427. The predicted octanol–water partition coefficient (Wildman–Crippen LogP) is 6.21. The molecule has 0 saturated heterocycles. The molecular weight excluding hydrogens is 244 g/mol. The van der Waals surface area contributed by atoms with Crippen molar-refractivity contribution in [2.75, 3.05) is 0 Å². The van der Waals surface area contributed by atoms with E-state index in [-0.39, 0.29) is 0 Å². The molecule has 0 amide bonds. The Balaban J connectivity index is 2.22. The number of aromatic amines is 1. The van der Waals surface area contributed by atoms with Gasteiger partial charge in [0.2, 0.25) is 0 Å². The van der Waals surface area contributed by atoms with Gasteiger partial charge < -0.3 is 4.98 Å². The standard InChI is InChI=1S/C18H34N2/c1-3-5-7-9-11-13-17(18-19-15-16-20-18)14-12-10-8-6-4-2/h15-17H,3-14H2,1-2H3,(H,19,20). The first-order valence-electron chi connectivity index (χ1n) is 8.87. The van der Waals surface area contributed by atoms with Crippen LogP contribution in [0.4, 0.5) is 0 Å². The van der Waals surface area contributed by atoms with Crippen LogP contribution >= 0.6 is 0 Å². The van der Waals surface area contributed by atoms with Crippen molar-refractivity contribution in [1.82, 2.24) is 9.97 Å². The van der Waals surface area contributed by atoms with Crippen LogP contribution < -0.4 is 0 Å². The van der Waals surface area contributed by atoms with Gasteiger partial charge >= 0.3 is 0 Å². The molecule has 0 aliphatic rings. The second kappa shape index (κ2) is 12.0. The molecule has 1 aromatic rings. The molecule has 0 radical (unpaired) electrons. The minimum Gasteiger partial charge on any atom is -0.348 e. The van der Waals surface area contributed by atoms with E-state index in [1.807, 2.05) is 12.4 Å². The number of rotatable bonds is 13. The molecule has 0 atom stereocenters. The number of H-pyrrole nitrogens is 1. The molecule has 0 unspecified atom stereocenters. The van der Waals surface area contributed by atoms with E-state index in [9.17, 15) is 0 Å². The fourth-order valence-corrected chi connectivity index (χ4v) is 2.91. The summed E-state index contributed by atoms with van der Waals surface area (Å²) < 4.78 is 0. The Kier molecular flexibility index (Phi) is 10.3. The summed E-state index contributed by atoms with van der Waals surface area (Å²) >= 11 is 0. The molecule has 1 rings (SSSR count). The Morgan fingerprint density at radius 3 is 1.85 bits per heavy atom. The summed E-state index contributed by atoms with van der Waals surface area (Å²) in [5.74, 6) is 1.88. The van der Waals surface area contributed by atoms with Crippen molar-refractivity contribution < 1.29 is 0 Å². The molecule has 2 heteroatoms. The van der Waals surface area contributed by atoms with Gasteiger partial charge in [0.05, 0.1) is 0 Å². The number of hydrogen-bond acceptors (Lipinski definition) is 1. The first kappa shape index (κ1) is 17.3. The maximum absolute atomic E-state index is 4.49. The monoisotopic (exact) mass is 278 g/mol. The highest BCUT2D eigenvalue weighted by molar-refractivity contribution is 4.96. The fourth-order valence-electron chi connectivity index (χ4n) is 2.91. The van der Waals surface area contributed by atoms with E-state index in [0.717, 1.165) is 0 Å². The van der Waals surface area contributed by atoms with Gasteiger partial charge in [-0.2, -0.15) is 0 Å². The number of aromatic nitrogens is 2. The molecule has 0 aliphatic carbocycles. The number of unbranched alkanes of at least 4 members (excludes halogenated alkanes) is 8. The van der Waals surface area contributed by atoms with Crippen LogP contribution in [0.5, 0.6) is 0 Å². The fraction of sp³-hybridized carbons (Fsp3) is 0.833. The van der Waals surface area contributed by atoms with Crippen molar-refractivity contribution >= 4 is 0 Å². The smallest absolute Gasteiger partial charge is 0.109 e. The van der Waals surface area contributed by atoms with Crippen molar-refractivity contribution in [3.05, 3.63) is 18.2 Å². The minimum atomic E-state index is 0.660. The summed E-state index contributed by atoms with van der Waals surface area (Å²) in [4.78, 5) is 7.82. The van der Waals surface area contributed by atoms with Gasteiger partial charge in [-0.1, -0.05) is 78.1 Å². The molecule has 1 N–H and O–H groups in total.